The van der Waals surface area contributed by atoms with Gasteiger partial charge < -0.3 is 0 Å². The SMILES string of the molecule is CCn1cc2ccc(S(=O)(=O)Cl)cc2n1. The lowest BCUT2D eigenvalue weighted by molar-refractivity contribution is 0.609. The van der Waals surface area contributed by atoms with Crippen LogP contribution in [0.15, 0.2) is 29.3 Å². The highest BCUT2D eigenvalue weighted by molar-refractivity contribution is 8.13. The van der Waals surface area contributed by atoms with Gasteiger partial charge >= 0.3 is 0 Å². The second-order valence-corrected chi connectivity index (χ2v) is 5.71. The third kappa shape index (κ3) is 1.98. The van der Waals surface area contributed by atoms with Crippen molar-refractivity contribution in [3.63, 3.8) is 0 Å². The molecular formula is C9H9ClN2O2S. The van der Waals surface area contributed by atoms with Gasteiger partial charge in [-0.15, -0.1) is 0 Å². The number of hydrogen-bond donors (Lipinski definition) is 0. The highest BCUT2D eigenvalue weighted by Gasteiger charge is 2.11. The van der Waals surface area contributed by atoms with Crippen LogP contribution in [0.5, 0.6) is 0 Å². The van der Waals surface area contributed by atoms with E-state index in [-0.39, 0.29) is 4.90 Å². The van der Waals surface area contributed by atoms with Crippen molar-refractivity contribution in [2.24, 2.45) is 0 Å². The lowest BCUT2D eigenvalue weighted by atomic mass is 10.3. The maximum atomic E-state index is 11.1. The van der Waals surface area contributed by atoms with E-state index in [0.717, 1.165) is 11.9 Å². The van der Waals surface area contributed by atoms with Gasteiger partial charge in [0, 0.05) is 28.8 Å². The van der Waals surface area contributed by atoms with Gasteiger partial charge in [0.2, 0.25) is 0 Å². The molecule has 15 heavy (non-hydrogen) atoms. The van der Waals surface area contributed by atoms with Crippen molar-refractivity contribution in [2.45, 2.75) is 18.4 Å². The average molecular weight is 245 g/mol. The number of benzene rings is 1. The molecule has 0 atom stereocenters. The van der Waals surface area contributed by atoms with Crippen LogP contribution in [0.25, 0.3) is 10.9 Å². The number of hydrogen-bond acceptors (Lipinski definition) is 3. The highest BCUT2D eigenvalue weighted by atomic mass is 35.7. The van der Waals surface area contributed by atoms with Gasteiger partial charge in [0.1, 0.15) is 0 Å². The first kappa shape index (κ1) is 10.4. The Morgan fingerprint density at radius 1 is 1.47 bits per heavy atom. The molecule has 0 saturated carbocycles. The van der Waals surface area contributed by atoms with Crippen LogP contribution >= 0.6 is 10.7 Å². The van der Waals surface area contributed by atoms with Gasteiger partial charge in [-0.05, 0) is 25.1 Å². The highest BCUT2D eigenvalue weighted by Crippen LogP contribution is 2.20. The van der Waals surface area contributed by atoms with Crippen LogP contribution in [-0.2, 0) is 15.6 Å². The first-order chi connectivity index (χ1) is 7.00. The largest absolute Gasteiger partial charge is 0.272 e. The topological polar surface area (TPSA) is 52.0 Å². The van der Waals surface area contributed by atoms with Crippen LogP contribution in [-0.4, -0.2) is 18.2 Å². The third-order valence-corrected chi connectivity index (χ3v) is 3.48. The summed E-state index contributed by atoms with van der Waals surface area (Å²) >= 11 is 0. The van der Waals surface area contributed by atoms with Crippen LogP contribution in [0.2, 0.25) is 0 Å². The van der Waals surface area contributed by atoms with Crippen LogP contribution in [0.1, 0.15) is 6.92 Å². The Hall–Kier alpha value is -1.07. The van der Waals surface area contributed by atoms with Crippen LogP contribution in [0, 0.1) is 0 Å². The lowest BCUT2D eigenvalue weighted by Crippen LogP contribution is -1.93. The quantitative estimate of drug-likeness (QED) is 0.759. The number of aromatic nitrogens is 2. The zero-order valence-corrected chi connectivity index (χ0v) is 9.59. The molecular weight excluding hydrogens is 236 g/mol. The maximum absolute atomic E-state index is 11.1. The van der Waals surface area contributed by atoms with Crippen molar-refractivity contribution in [1.82, 2.24) is 9.78 Å². The Balaban J connectivity index is 2.66. The molecule has 0 amide bonds. The molecule has 2 aromatic rings. The molecule has 2 rings (SSSR count). The number of aryl methyl sites for hydroxylation is 1. The molecule has 0 N–H and O–H groups in total. The van der Waals surface area contributed by atoms with Gasteiger partial charge in [0.05, 0.1) is 10.4 Å². The zero-order valence-electron chi connectivity index (χ0n) is 8.01. The summed E-state index contributed by atoms with van der Waals surface area (Å²) in [4.78, 5) is 0.0815. The monoisotopic (exact) mass is 244 g/mol. The normalized spacial score (nSPS) is 12.1. The maximum Gasteiger partial charge on any atom is 0.261 e. The van der Waals surface area contributed by atoms with E-state index in [4.69, 9.17) is 10.7 Å². The smallest absolute Gasteiger partial charge is 0.261 e. The summed E-state index contributed by atoms with van der Waals surface area (Å²) in [7, 11) is 1.57. The summed E-state index contributed by atoms with van der Waals surface area (Å²) < 4.78 is 23.9. The molecule has 0 aliphatic heterocycles. The van der Waals surface area contributed by atoms with Gasteiger partial charge in [-0.1, -0.05) is 0 Å². The molecule has 0 aliphatic rings. The van der Waals surface area contributed by atoms with Crippen molar-refractivity contribution >= 4 is 30.6 Å². The fourth-order valence-corrected chi connectivity index (χ4v) is 2.13. The molecule has 0 fully saturated rings. The third-order valence-electron chi connectivity index (χ3n) is 2.13. The predicted octanol–water partition coefficient (Wildman–Crippen LogP) is 1.98. The van der Waals surface area contributed by atoms with Crippen LogP contribution in [0.4, 0.5) is 0 Å². The van der Waals surface area contributed by atoms with Crippen molar-refractivity contribution in [1.29, 1.82) is 0 Å². The molecule has 1 aromatic carbocycles. The van der Waals surface area contributed by atoms with Crippen LogP contribution < -0.4 is 0 Å². The van der Waals surface area contributed by atoms with E-state index in [1.807, 2.05) is 13.1 Å². The van der Waals surface area contributed by atoms with Gasteiger partial charge in [-0.3, -0.25) is 4.68 Å². The summed E-state index contributed by atoms with van der Waals surface area (Å²) in [6, 6.07) is 4.65. The molecule has 80 valence electrons. The Morgan fingerprint density at radius 2 is 2.20 bits per heavy atom. The van der Waals surface area contributed by atoms with Gasteiger partial charge in [0.15, 0.2) is 0 Å². The number of halogens is 1. The molecule has 0 saturated heterocycles. The number of rotatable bonds is 2. The predicted molar refractivity (Wildman–Crippen MR) is 58.4 cm³/mol. The first-order valence-electron chi connectivity index (χ1n) is 4.42. The van der Waals surface area contributed by atoms with Crippen molar-refractivity contribution in [2.75, 3.05) is 0 Å². The lowest BCUT2D eigenvalue weighted by Gasteiger charge is -1.94. The minimum absolute atomic E-state index is 0.0815. The minimum Gasteiger partial charge on any atom is -0.272 e. The van der Waals surface area contributed by atoms with E-state index in [1.54, 1.807) is 10.7 Å². The van der Waals surface area contributed by atoms with E-state index in [9.17, 15) is 8.42 Å². The van der Waals surface area contributed by atoms with Crippen molar-refractivity contribution in [3.8, 4) is 0 Å². The summed E-state index contributed by atoms with van der Waals surface area (Å²) in [6.07, 6.45) is 1.86. The zero-order chi connectivity index (χ0) is 11.1. The summed E-state index contributed by atoms with van der Waals surface area (Å²) in [5.41, 5.74) is 0.638. The Labute approximate surface area is 91.9 Å². The summed E-state index contributed by atoms with van der Waals surface area (Å²) in [5.74, 6) is 0. The number of fused-ring (bicyclic) bond motifs is 1. The van der Waals surface area contributed by atoms with Gasteiger partial charge in [-0.2, -0.15) is 5.10 Å². The fourth-order valence-electron chi connectivity index (χ4n) is 1.36. The van der Waals surface area contributed by atoms with Crippen LogP contribution in [0.3, 0.4) is 0 Å². The summed E-state index contributed by atoms with van der Waals surface area (Å²) in [6.45, 7) is 2.71. The van der Waals surface area contributed by atoms with Gasteiger partial charge in [-0.25, -0.2) is 8.42 Å². The van der Waals surface area contributed by atoms with E-state index < -0.39 is 9.05 Å². The van der Waals surface area contributed by atoms with E-state index in [2.05, 4.69) is 5.10 Å². The Morgan fingerprint density at radius 3 is 2.80 bits per heavy atom. The molecule has 1 aromatic heterocycles. The second-order valence-electron chi connectivity index (χ2n) is 3.14. The van der Waals surface area contributed by atoms with E-state index in [0.29, 0.717) is 5.52 Å². The standard InChI is InChI=1S/C9H9ClN2O2S/c1-2-12-6-7-3-4-8(15(10,13)14)5-9(7)11-12/h3-6H,2H2,1H3. The number of nitrogens with zero attached hydrogens (tertiary/aromatic N) is 2. The summed E-state index contributed by atoms with van der Waals surface area (Å²) in [5, 5.41) is 5.10. The molecule has 0 bridgehead atoms. The van der Waals surface area contributed by atoms with Crippen molar-refractivity contribution < 1.29 is 8.42 Å². The first-order valence-corrected chi connectivity index (χ1v) is 6.73. The molecule has 1 heterocycles. The Kier molecular flexibility index (Phi) is 2.44. The van der Waals surface area contributed by atoms with E-state index >= 15 is 0 Å². The van der Waals surface area contributed by atoms with E-state index in [1.165, 1.54) is 12.1 Å². The molecule has 6 heteroatoms. The van der Waals surface area contributed by atoms with Gasteiger partial charge in [0.25, 0.3) is 9.05 Å². The molecule has 0 aliphatic carbocycles. The Bertz CT molecular complexity index is 604. The molecule has 0 radical (unpaired) electrons. The van der Waals surface area contributed by atoms with Crippen molar-refractivity contribution in [3.05, 3.63) is 24.4 Å². The second kappa shape index (κ2) is 3.50. The molecule has 4 nitrogen and oxygen atoms in total. The minimum atomic E-state index is -3.67. The average Bonchev–Trinajstić information content (AvgIpc) is 2.57. The molecule has 0 unspecified atom stereocenters. The fraction of sp³-hybridized carbons (Fsp3) is 0.222. The molecule has 0 spiro atoms.